The Hall–Kier alpha value is -3.54. The monoisotopic (exact) mass is 457 g/mol. The Morgan fingerprint density at radius 2 is 1.88 bits per heavy atom. The van der Waals surface area contributed by atoms with E-state index in [0.29, 0.717) is 35.9 Å². The largest absolute Gasteiger partial charge is 0.466 e. The first-order chi connectivity index (χ1) is 15.9. The molecule has 0 bridgehead atoms. The Bertz CT molecular complexity index is 1270. The smallest absolute Gasteiger partial charge is 0.189 e. The van der Waals surface area contributed by atoms with Crippen molar-refractivity contribution >= 4 is 19.1 Å². The fourth-order valence-corrected chi connectivity index (χ4v) is 4.09. The number of pyridine rings is 2. The fourth-order valence-electron chi connectivity index (χ4n) is 3.34. The van der Waals surface area contributed by atoms with E-state index in [1.165, 1.54) is 0 Å². The topological polar surface area (TPSA) is 85.9 Å². The number of hydrogen-bond donors (Lipinski definition) is 0. The Kier molecular flexibility index (Phi) is 6.82. The van der Waals surface area contributed by atoms with Crippen molar-refractivity contribution < 1.29 is 9.47 Å². The predicted octanol–water partition coefficient (Wildman–Crippen LogP) is 5.10. The summed E-state index contributed by atoms with van der Waals surface area (Å²) in [6, 6.07) is 18.6. The van der Waals surface area contributed by atoms with E-state index in [4.69, 9.17) is 14.5 Å². The summed E-state index contributed by atoms with van der Waals surface area (Å²) in [6.45, 7) is 8.40. The lowest BCUT2D eigenvalue weighted by Crippen LogP contribution is -2.22. The second kappa shape index (κ2) is 9.94. The number of nitrogens with zero attached hydrogens (tertiary/aromatic N) is 5. The average molecular weight is 458 g/mol. The van der Waals surface area contributed by atoms with Crippen LogP contribution in [-0.2, 0) is 11.3 Å². The van der Waals surface area contributed by atoms with Crippen LogP contribution in [0, 0.1) is 11.3 Å². The number of para-hydroxylation sites is 2. The van der Waals surface area contributed by atoms with Crippen LogP contribution >= 0.6 is 0 Å². The second-order valence-electron chi connectivity index (χ2n) is 9.03. The van der Waals surface area contributed by atoms with Gasteiger partial charge in [-0.1, -0.05) is 31.8 Å². The Labute approximate surface area is 194 Å². The van der Waals surface area contributed by atoms with E-state index in [9.17, 15) is 5.26 Å². The van der Waals surface area contributed by atoms with Crippen LogP contribution in [0.3, 0.4) is 0 Å². The van der Waals surface area contributed by atoms with Gasteiger partial charge < -0.3 is 14.0 Å². The van der Waals surface area contributed by atoms with Gasteiger partial charge in [0.1, 0.15) is 17.5 Å². The first-order valence-electron chi connectivity index (χ1n) is 10.9. The molecule has 3 aromatic heterocycles. The molecule has 8 heteroatoms. The fraction of sp³-hybridized carbons (Fsp3) is 0.280. The van der Waals surface area contributed by atoms with Crippen LogP contribution in [0.2, 0.25) is 25.7 Å². The molecular weight excluding hydrogens is 430 g/mol. The van der Waals surface area contributed by atoms with Crippen LogP contribution in [-0.4, -0.2) is 41.0 Å². The molecule has 7 nitrogen and oxygen atoms in total. The van der Waals surface area contributed by atoms with E-state index in [2.05, 4.69) is 35.7 Å². The van der Waals surface area contributed by atoms with Crippen LogP contribution in [0.4, 0.5) is 0 Å². The van der Waals surface area contributed by atoms with E-state index >= 15 is 0 Å². The van der Waals surface area contributed by atoms with Crippen molar-refractivity contribution in [3.63, 3.8) is 0 Å². The number of nitriles is 1. The van der Waals surface area contributed by atoms with Crippen molar-refractivity contribution in [2.24, 2.45) is 0 Å². The van der Waals surface area contributed by atoms with Gasteiger partial charge in [0.2, 0.25) is 0 Å². The molecule has 0 amide bonds. The van der Waals surface area contributed by atoms with Gasteiger partial charge in [0, 0.05) is 14.7 Å². The Morgan fingerprint density at radius 3 is 2.64 bits per heavy atom. The van der Waals surface area contributed by atoms with Crippen molar-refractivity contribution in [2.45, 2.75) is 32.2 Å². The van der Waals surface area contributed by atoms with E-state index in [0.717, 1.165) is 22.8 Å². The minimum atomic E-state index is -1.11. The molecule has 0 spiro atoms. The third kappa shape index (κ3) is 5.83. The lowest BCUT2D eigenvalue weighted by molar-refractivity contribution is 0.0218. The highest BCUT2D eigenvalue weighted by atomic mass is 28.3. The van der Waals surface area contributed by atoms with Gasteiger partial charge in [-0.2, -0.15) is 5.26 Å². The predicted molar refractivity (Wildman–Crippen MR) is 131 cm³/mol. The normalized spacial score (nSPS) is 11.5. The number of hydrogen-bond acceptors (Lipinski definition) is 6. The lowest BCUT2D eigenvalue weighted by atomic mass is 10.1. The van der Waals surface area contributed by atoms with Crippen molar-refractivity contribution in [3.8, 4) is 23.2 Å². The highest BCUT2D eigenvalue weighted by Crippen LogP contribution is 2.23. The molecular formula is C25H27N5O2Si. The summed E-state index contributed by atoms with van der Waals surface area (Å²) >= 11 is 0. The second-order valence-corrected chi connectivity index (χ2v) is 14.7. The molecule has 0 N–H and O–H groups in total. The maximum absolute atomic E-state index is 9.58. The van der Waals surface area contributed by atoms with Gasteiger partial charge in [-0.05, 0) is 42.4 Å². The first-order valence-corrected chi connectivity index (χ1v) is 14.6. The minimum Gasteiger partial charge on any atom is -0.466 e. The quantitative estimate of drug-likeness (QED) is 0.197. The van der Waals surface area contributed by atoms with Crippen LogP contribution < -0.4 is 4.74 Å². The molecule has 0 radical (unpaired) electrons. The highest BCUT2D eigenvalue weighted by Gasteiger charge is 2.13. The summed E-state index contributed by atoms with van der Waals surface area (Å²) in [5.74, 6) is 0.617. The molecule has 0 aliphatic rings. The van der Waals surface area contributed by atoms with Crippen LogP contribution in [0.25, 0.3) is 22.4 Å². The van der Waals surface area contributed by atoms with E-state index in [1.807, 2.05) is 47.0 Å². The average Bonchev–Trinajstić information content (AvgIpc) is 3.21. The zero-order valence-corrected chi connectivity index (χ0v) is 20.2. The third-order valence-corrected chi connectivity index (χ3v) is 6.92. The summed E-state index contributed by atoms with van der Waals surface area (Å²) in [7, 11) is -1.11. The standard InChI is InChI=1S/C25H27N5O2Si/c1-33(2,3)13-12-31-18-32-21-10-11-23(27-15-21)25-19(14-26)8-9-20(29-25)16-30-17-28-22-6-4-5-7-24(22)30/h4-11,15,17H,12-13,16,18H2,1-3H3. The molecule has 3 heterocycles. The summed E-state index contributed by atoms with van der Waals surface area (Å²) in [6.07, 6.45) is 3.44. The van der Waals surface area contributed by atoms with Gasteiger partial charge in [0.05, 0.1) is 47.1 Å². The molecule has 0 fully saturated rings. The van der Waals surface area contributed by atoms with E-state index < -0.39 is 8.07 Å². The lowest BCUT2D eigenvalue weighted by Gasteiger charge is -2.15. The zero-order valence-electron chi connectivity index (χ0n) is 19.2. The highest BCUT2D eigenvalue weighted by molar-refractivity contribution is 6.76. The SMILES string of the molecule is C[Si](C)(C)CCOCOc1ccc(-c2nc(Cn3cnc4ccccc43)ccc2C#N)nc1. The minimum absolute atomic E-state index is 0.196. The van der Waals surface area contributed by atoms with Crippen LogP contribution in [0.5, 0.6) is 5.75 Å². The summed E-state index contributed by atoms with van der Waals surface area (Å²) in [5, 5.41) is 9.58. The molecule has 0 unspecified atom stereocenters. The van der Waals surface area contributed by atoms with Gasteiger partial charge in [-0.3, -0.25) is 4.98 Å². The molecule has 0 atom stereocenters. The van der Waals surface area contributed by atoms with E-state index in [1.54, 1.807) is 18.6 Å². The number of benzene rings is 1. The summed E-state index contributed by atoms with van der Waals surface area (Å²) < 4.78 is 13.3. The van der Waals surface area contributed by atoms with Crippen LogP contribution in [0.1, 0.15) is 11.3 Å². The van der Waals surface area contributed by atoms with Crippen molar-refractivity contribution in [1.82, 2.24) is 19.5 Å². The molecule has 168 valence electrons. The molecule has 4 aromatic rings. The van der Waals surface area contributed by atoms with Gasteiger partial charge in [-0.25, -0.2) is 9.97 Å². The number of rotatable bonds is 9. The molecule has 33 heavy (non-hydrogen) atoms. The van der Waals surface area contributed by atoms with Gasteiger partial charge >= 0.3 is 0 Å². The molecule has 4 rings (SSSR count). The first kappa shape index (κ1) is 22.6. The maximum atomic E-state index is 9.58. The van der Waals surface area contributed by atoms with E-state index in [-0.39, 0.29) is 6.79 Å². The summed E-state index contributed by atoms with van der Waals surface area (Å²) in [5.41, 5.74) is 4.45. The van der Waals surface area contributed by atoms with Crippen LogP contribution in [0.15, 0.2) is 61.1 Å². The number of ether oxygens (including phenoxy) is 2. The van der Waals surface area contributed by atoms with Gasteiger partial charge in [-0.15, -0.1) is 0 Å². The maximum Gasteiger partial charge on any atom is 0.189 e. The Balaban J connectivity index is 1.46. The number of imidazole rings is 1. The number of fused-ring (bicyclic) bond motifs is 1. The number of aromatic nitrogens is 4. The summed E-state index contributed by atoms with van der Waals surface area (Å²) in [4.78, 5) is 13.7. The van der Waals surface area contributed by atoms with Crippen molar-refractivity contribution in [3.05, 3.63) is 72.3 Å². The molecule has 0 saturated carbocycles. The van der Waals surface area contributed by atoms with Crippen molar-refractivity contribution in [1.29, 1.82) is 5.26 Å². The molecule has 0 saturated heterocycles. The van der Waals surface area contributed by atoms with Crippen molar-refractivity contribution in [2.75, 3.05) is 13.4 Å². The van der Waals surface area contributed by atoms with Gasteiger partial charge in [0.25, 0.3) is 0 Å². The molecule has 1 aromatic carbocycles. The molecule has 0 aliphatic carbocycles. The third-order valence-electron chi connectivity index (χ3n) is 5.22. The zero-order chi connectivity index (χ0) is 23.3. The van der Waals surface area contributed by atoms with Gasteiger partial charge in [0.15, 0.2) is 6.79 Å². The Morgan fingerprint density at radius 1 is 1.03 bits per heavy atom. The molecule has 0 aliphatic heterocycles.